The molecule has 0 aliphatic rings. The van der Waals surface area contributed by atoms with E-state index in [1.807, 2.05) is 69.2 Å². The van der Waals surface area contributed by atoms with Crippen molar-refractivity contribution in [3.05, 3.63) is 0 Å². The van der Waals surface area contributed by atoms with Gasteiger partial charge in [0.2, 0.25) is 23.6 Å². The predicted molar refractivity (Wildman–Crippen MR) is 446 cm³/mol. The Morgan fingerprint density at radius 1 is 0.345 bits per heavy atom. The molecule has 0 saturated heterocycles. The van der Waals surface area contributed by atoms with E-state index < -0.39 is 60.1 Å². The number of hydrogen-bond acceptors (Lipinski definition) is 23. The van der Waals surface area contributed by atoms with Crippen molar-refractivity contribution in [3.8, 4) is 0 Å². The zero-order valence-corrected chi connectivity index (χ0v) is 74.5. The number of carbonyl (C=O) groups excluding carboxylic acids is 17. The number of amides is 4. The Balaban J connectivity index is -0.000000159. The number of aliphatic hydroxyl groups excluding tert-OH is 4. The third kappa shape index (κ3) is 73.8. The van der Waals surface area contributed by atoms with E-state index in [9.17, 15) is 81.5 Å². The monoisotopic (exact) mass is 1620 g/mol. The first kappa shape index (κ1) is 124. The van der Waals surface area contributed by atoms with E-state index in [0.29, 0.717) is 64.5 Å². The molecule has 0 radical (unpaired) electrons. The number of unbranched alkanes of at least 4 members (excludes halogenated alkanes) is 6. The number of carbonyl (C=O) groups is 17. The summed E-state index contributed by atoms with van der Waals surface area (Å²) < 4.78 is 5.16. The van der Waals surface area contributed by atoms with Crippen molar-refractivity contribution in [3.63, 3.8) is 0 Å². The standard InChI is InChI=1S/2C16H29NO3.C15H27NO4.C10H19NO2.C8H14O4.C8H14O3.C6H13NO.C6H12O2.CH4/c1-6-7-8-9-14(17-13(5)18)15(19)10-12(4)16(20)11(2)3;1-5-6-7-9-14(17-13(4)18)16(20)11-8-10-15(19)12(2)3;1-6-7-8-9-13(16-12(5)17)15(19)20-11(4)14(18)10(2)3;1-7(2)9(12)5-6-11-10(13)8(3)4;1-4(2)6(10)8(12)7(11)5(3)9;1-5(2)7(10)4-8(11)6(3)9;1-5(2)6(8)3-4-7;1-4(2)6(8)5(3)7;/h11-12,14H,6-10H2,1-5H3,(H,17,18);12,14H,5-11H2,1-4H3,(H,17,18);10-11,13H,6-9H2,1-5H3,(H,16,17);7-8H,5-6H2,1-4H3,(H,11,13);4,7-8,11-12H,1-3H3;5,8,11H,4H2,1-3H3;5H,3-4,7H2,1-2H3;4-5,7H,1-3H3;1H4. The van der Waals surface area contributed by atoms with Crippen LogP contribution in [0.25, 0.3) is 0 Å². The van der Waals surface area contributed by atoms with Gasteiger partial charge in [-0.05, 0) is 59.9 Å². The molecule has 113 heavy (non-hydrogen) atoms. The SMILES string of the molecule is C.CC(=O)C(O)C(O)C(=O)C(C)C.CC(=O)C(O)CC(=O)C(C)C.CC(C)C(=O)C(C)O.CC(C)C(=O)CCN.CC(C)C(=O)CCNC(=O)C(C)C.CCCCCC(NC(C)=O)C(=O)CC(C)C(=O)C(C)C.CCCCCC(NC(C)=O)C(=O)CCCC(=O)C(C)C.CCCCCC(NC(C)=O)C(=O)OC(C)C(=O)C(C)C. The number of ketones is 12. The first-order chi connectivity index (χ1) is 51.5. The summed E-state index contributed by atoms with van der Waals surface area (Å²) >= 11 is 0. The molecule has 0 aromatic carbocycles. The van der Waals surface area contributed by atoms with Crippen LogP contribution in [0.1, 0.15) is 330 Å². The fourth-order valence-electron chi connectivity index (χ4n) is 9.21. The molecule has 0 aliphatic carbocycles. The van der Waals surface area contributed by atoms with Crippen molar-refractivity contribution in [2.45, 2.75) is 379 Å². The van der Waals surface area contributed by atoms with Gasteiger partial charge in [0.25, 0.3) is 0 Å². The second-order valence-electron chi connectivity index (χ2n) is 31.2. The summed E-state index contributed by atoms with van der Waals surface area (Å²) in [5, 5.41) is 46.5. The highest BCUT2D eigenvalue weighted by atomic mass is 16.5. The molecule has 0 rings (SSSR count). The normalized spacial score (nSPS) is 12.9. The Kier molecular flexibility index (Phi) is 81.5. The van der Waals surface area contributed by atoms with Crippen molar-refractivity contribution < 1.29 is 107 Å². The maximum absolute atomic E-state index is 12.2. The van der Waals surface area contributed by atoms with E-state index in [1.54, 1.807) is 69.2 Å². The molecule has 0 aliphatic heterocycles. The lowest BCUT2D eigenvalue weighted by molar-refractivity contribution is -0.158. The third-order valence-electron chi connectivity index (χ3n) is 16.7. The highest BCUT2D eigenvalue weighted by molar-refractivity contribution is 5.95. The molecule has 27 heteroatoms. The van der Waals surface area contributed by atoms with Gasteiger partial charge in [0.05, 0.1) is 12.1 Å². The number of aliphatic hydroxyl groups is 4. The summed E-state index contributed by atoms with van der Waals surface area (Å²) in [5.41, 5.74) is 5.15. The van der Waals surface area contributed by atoms with Crippen LogP contribution in [0.2, 0.25) is 0 Å². The van der Waals surface area contributed by atoms with Gasteiger partial charge in [0, 0.05) is 125 Å². The van der Waals surface area contributed by atoms with Crippen molar-refractivity contribution in [1.29, 1.82) is 0 Å². The molecule has 0 spiro atoms. The molecular weight excluding hydrogens is 1450 g/mol. The van der Waals surface area contributed by atoms with Gasteiger partial charge in [0.15, 0.2) is 46.6 Å². The average molecular weight is 1620 g/mol. The van der Waals surface area contributed by atoms with Crippen LogP contribution in [0.5, 0.6) is 0 Å². The Bertz CT molecular complexity index is 2660. The van der Waals surface area contributed by atoms with Crippen LogP contribution in [0.15, 0.2) is 0 Å². The van der Waals surface area contributed by atoms with E-state index in [-0.39, 0.29) is 167 Å². The fraction of sp³-hybridized carbons (Fsp3) is 0.802. The van der Waals surface area contributed by atoms with Crippen molar-refractivity contribution in [2.24, 2.45) is 64.9 Å². The van der Waals surface area contributed by atoms with Gasteiger partial charge in [-0.1, -0.05) is 218 Å². The fourth-order valence-corrected chi connectivity index (χ4v) is 9.21. The zero-order chi connectivity index (χ0) is 89.6. The highest BCUT2D eigenvalue weighted by Crippen LogP contribution is 2.17. The lowest BCUT2D eigenvalue weighted by Crippen LogP contribution is -2.43. The topological polar surface area (TPSA) is 454 Å². The van der Waals surface area contributed by atoms with E-state index in [4.69, 9.17) is 30.9 Å². The van der Waals surface area contributed by atoms with Gasteiger partial charge in [-0.2, -0.15) is 0 Å². The van der Waals surface area contributed by atoms with Crippen LogP contribution >= 0.6 is 0 Å². The molecule has 9 unspecified atom stereocenters. The molecule has 0 fully saturated rings. The molecule has 9 atom stereocenters. The van der Waals surface area contributed by atoms with Crippen LogP contribution in [-0.2, 0) is 86.2 Å². The number of hydrogen-bond donors (Lipinski definition) is 9. The van der Waals surface area contributed by atoms with Crippen molar-refractivity contribution >= 4 is 99.0 Å². The quantitative estimate of drug-likeness (QED) is 0.0202. The van der Waals surface area contributed by atoms with Crippen LogP contribution in [0.3, 0.4) is 0 Å². The lowest BCUT2D eigenvalue weighted by atomic mass is 9.89. The first-order valence-electron chi connectivity index (χ1n) is 40.5. The summed E-state index contributed by atoms with van der Waals surface area (Å²) in [4.78, 5) is 191. The van der Waals surface area contributed by atoms with Crippen LogP contribution < -0.4 is 27.0 Å². The van der Waals surface area contributed by atoms with E-state index in [1.165, 1.54) is 34.6 Å². The molecule has 10 N–H and O–H groups in total. The average Bonchev–Trinajstić information content (AvgIpc) is 0.901. The Hall–Kier alpha value is -6.81. The van der Waals surface area contributed by atoms with Gasteiger partial charge in [-0.15, -0.1) is 0 Å². The lowest BCUT2D eigenvalue weighted by Gasteiger charge is -2.20. The molecule has 0 saturated carbocycles. The molecule has 0 aromatic heterocycles. The third-order valence-corrected chi connectivity index (χ3v) is 16.7. The van der Waals surface area contributed by atoms with E-state index in [2.05, 4.69) is 42.0 Å². The number of ether oxygens (including phenoxy) is 1. The second-order valence-corrected chi connectivity index (χ2v) is 31.2. The molecule has 0 heterocycles. The minimum absolute atomic E-state index is 0. The predicted octanol–water partition coefficient (Wildman–Crippen LogP) is 11.4. The van der Waals surface area contributed by atoms with Crippen LogP contribution in [0, 0.1) is 59.2 Å². The molecule has 0 aromatic rings. The Morgan fingerprint density at radius 3 is 0.991 bits per heavy atom. The minimum atomic E-state index is -1.58. The van der Waals surface area contributed by atoms with Crippen molar-refractivity contribution in [1.82, 2.24) is 21.3 Å². The number of nitrogens with one attached hydrogen (secondary N) is 4. The van der Waals surface area contributed by atoms with Crippen LogP contribution in [-0.4, -0.2) is 181 Å². The summed E-state index contributed by atoms with van der Waals surface area (Å²) in [6.07, 6.45) is 7.58. The van der Waals surface area contributed by atoms with Crippen LogP contribution in [0.4, 0.5) is 0 Å². The summed E-state index contributed by atoms with van der Waals surface area (Å²) in [5.74, 6) is -2.94. The van der Waals surface area contributed by atoms with E-state index >= 15 is 0 Å². The number of rotatable bonds is 48. The summed E-state index contributed by atoms with van der Waals surface area (Å²) in [6.45, 7) is 51.0. The largest absolute Gasteiger partial charge is 0.453 e. The van der Waals surface area contributed by atoms with Gasteiger partial charge in [-0.3, -0.25) is 76.7 Å². The van der Waals surface area contributed by atoms with Crippen molar-refractivity contribution in [2.75, 3.05) is 13.1 Å². The van der Waals surface area contributed by atoms with Gasteiger partial charge >= 0.3 is 5.97 Å². The number of Topliss-reactive ketones (excluding diaryl/α,β-unsaturated/α-hetero) is 12. The van der Waals surface area contributed by atoms with Gasteiger partial charge in [-0.25, -0.2) is 4.79 Å². The molecule has 0 bridgehead atoms. The van der Waals surface area contributed by atoms with Gasteiger partial charge in [0.1, 0.15) is 59.4 Å². The Morgan fingerprint density at radius 2 is 0.690 bits per heavy atom. The first-order valence-corrected chi connectivity index (χ1v) is 40.5. The van der Waals surface area contributed by atoms with Gasteiger partial charge < -0.3 is 52.2 Å². The molecule has 4 amide bonds. The highest BCUT2D eigenvalue weighted by Gasteiger charge is 2.30. The maximum atomic E-state index is 12.2. The summed E-state index contributed by atoms with van der Waals surface area (Å²) in [6, 6.07) is -1.49. The Labute approximate surface area is 680 Å². The minimum Gasteiger partial charge on any atom is -0.453 e. The molecular formula is C86H161N5O22. The molecule has 662 valence electrons. The zero-order valence-electron chi connectivity index (χ0n) is 74.5. The maximum Gasteiger partial charge on any atom is 0.329 e. The summed E-state index contributed by atoms with van der Waals surface area (Å²) in [7, 11) is 0. The van der Waals surface area contributed by atoms with E-state index in [0.717, 1.165) is 64.7 Å². The number of nitrogens with two attached hydrogens (primary N) is 1. The second kappa shape index (κ2) is 74.0. The smallest absolute Gasteiger partial charge is 0.329 e. The number of esters is 1. The molecule has 27 nitrogen and oxygen atoms in total.